The van der Waals surface area contributed by atoms with Crippen molar-refractivity contribution < 1.29 is 14.5 Å². The van der Waals surface area contributed by atoms with Gasteiger partial charge in [-0.2, -0.15) is 0 Å². The molecular formula is C16H14N2O4. The van der Waals surface area contributed by atoms with Gasteiger partial charge in [-0.05, 0) is 6.07 Å². The summed E-state index contributed by atoms with van der Waals surface area (Å²) in [4.78, 5) is 35.8. The molecule has 0 aliphatic carbocycles. The van der Waals surface area contributed by atoms with Crippen LogP contribution in [-0.4, -0.2) is 23.7 Å². The molecule has 1 amide bonds. The van der Waals surface area contributed by atoms with Crippen LogP contribution in [0.15, 0.2) is 48.5 Å². The molecular weight excluding hydrogens is 284 g/mol. The molecule has 0 aliphatic rings. The molecule has 0 spiro atoms. The molecule has 6 nitrogen and oxygen atoms in total. The number of non-ortho nitro benzene ring substituents is 1. The van der Waals surface area contributed by atoms with E-state index in [0.717, 1.165) is 0 Å². The number of carbonyl (C=O) groups is 2. The van der Waals surface area contributed by atoms with Gasteiger partial charge in [-0.3, -0.25) is 19.7 Å². The van der Waals surface area contributed by atoms with E-state index in [4.69, 9.17) is 0 Å². The van der Waals surface area contributed by atoms with Crippen molar-refractivity contribution in [3.63, 3.8) is 0 Å². The molecule has 112 valence electrons. The van der Waals surface area contributed by atoms with Crippen LogP contribution in [0, 0.1) is 10.1 Å². The SMILES string of the molecule is CC(=O)N(C)c1ccc([N+](=O)[O-])cc1C(=O)c1ccccc1. The zero-order valence-electron chi connectivity index (χ0n) is 12.1. The van der Waals surface area contributed by atoms with Gasteiger partial charge in [-0.15, -0.1) is 0 Å². The quantitative estimate of drug-likeness (QED) is 0.494. The first kappa shape index (κ1) is 15.4. The number of nitro groups is 1. The van der Waals surface area contributed by atoms with Gasteiger partial charge in [0, 0.05) is 31.7 Å². The standard InChI is InChI=1S/C16H14N2O4/c1-11(19)17(2)15-9-8-13(18(21)22)10-14(15)16(20)12-6-4-3-5-7-12/h3-10H,1-2H3. The fourth-order valence-corrected chi connectivity index (χ4v) is 2.03. The second-order valence-electron chi connectivity index (χ2n) is 4.73. The Morgan fingerprint density at radius 3 is 2.27 bits per heavy atom. The largest absolute Gasteiger partial charge is 0.315 e. The zero-order valence-corrected chi connectivity index (χ0v) is 12.1. The second-order valence-corrected chi connectivity index (χ2v) is 4.73. The first-order chi connectivity index (χ1) is 10.4. The van der Waals surface area contributed by atoms with Gasteiger partial charge in [0.05, 0.1) is 16.2 Å². The Morgan fingerprint density at radius 2 is 1.73 bits per heavy atom. The first-order valence-corrected chi connectivity index (χ1v) is 6.54. The monoisotopic (exact) mass is 298 g/mol. The lowest BCUT2D eigenvalue weighted by Crippen LogP contribution is -2.25. The van der Waals surface area contributed by atoms with E-state index in [0.29, 0.717) is 11.3 Å². The molecule has 0 atom stereocenters. The van der Waals surface area contributed by atoms with Crippen molar-refractivity contribution in [1.82, 2.24) is 0 Å². The molecule has 0 N–H and O–H groups in total. The van der Waals surface area contributed by atoms with E-state index in [1.165, 1.54) is 37.1 Å². The summed E-state index contributed by atoms with van der Waals surface area (Å²) in [5.74, 6) is -0.636. The lowest BCUT2D eigenvalue weighted by molar-refractivity contribution is -0.384. The Morgan fingerprint density at radius 1 is 1.09 bits per heavy atom. The highest BCUT2D eigenvalue weighted by atomic mass is 16.6. The number of nitro benzene ring substituents is 1. The Balaban J connectivity index is 2.59. The molecule has 0 fully saturated rings. The fraction of sp³-hybridized carbons (Fsp3) is 0.125. The number of benzene rings is 2. The summed E-state index contributed by atoms with van der Waals surface area (Å²) in [6.45, 7) is 1.36. The number of rotatable bonds is 4. The number of anilines is 1. The minimum atomic E-state index is -0.570. The van der Waals surface area contributed by atoms with E-state index in [1.54, 1.807) is 30.3 Å². The summed E-state index contributed by atoms with van der Waals surface area (Å²) < 4.78 is 0. The van der Waals surface area contributed by atoms with E-state index < -0.39 is 4.92 Å². The van der Waals surface area contributed by atoms with Gasteiger partial charge in [0.2, 0.25) is 5.91 Å². The van der Waals surface area contributed by atoms with Gasteiger partial charge < -0.3 is 4.90 Å². The van der Waals surface area contributed by atoms with E-state index in [2.05, 4.69) is 0 Å². The van der Waals surface area contributed by atoms with Crippen LogP contribution in [0.2, 0.25) is 0 Å². The third-order valence-electron chi connectivity index (χ3n) is 3.31. The molecule has 0 saturated carbocycles. The lowest BCUT2D eigenvalue weighted by atomic mass is 10.0. The van der Waals surface area contributed by atoms with E-state index >= 15 is 0 Å². The maximum atomic E-state index is 12.6. The van der Waals surface area contributed by atoms with Crippen molar-refractivity contribution in [3.8, 4) is 0 Å². The molecule has 0 heterocycles. The van der Waals surface area contributed by atoms with Crippen molar-refractivity contribution in [2.75, 3.05) is 11.9 Å². The number of carbonyl (C=O) groups excluding carboxylic acids is 2. The van der Waals surface area contributed by atoms with Crippen LogP contribution in [0.4, 0.5) is 11.4 Å². The topological polar surface area (TPSA) is 80.5 Å². The predicted molar refractivity (Wildman–Crippen MR) is 82.1 cm³/mol. The van der Waals surface area contributed by atoms with Gasteiger partial charge in [0.25, 0.3) is 5.69 Å². The van der Waals surface area contributed by atoms with Crippen LogP contribution in [-0.2, 0) is 4.79 Å². The van der Waals surface area contributed by atoms with Crippen molar-refractivity contribution >= 4 is 23.1 Å². The van der Waals surface area contributed by atoms with Crippen LogP contribution in [0.5, 0.6) is 0 Å². The summed E-state index contributed by atoms with van der Waals surface area (Å²) in [6, 6.07) is 12.3. The predicted octanol–water partition coefficient (Wildman–Crippen LogP) is 2.81. The highest BCUT2D eigenvalue weighted by molar-refractivity contribution is 6.14. The lowest BCUT2D eigenvalue weighted by Gasteiger charge is -2.18. The molecule has 6 heteroatoms. The molecule has 2 aromatic rings. The molecule has 2 rings (SSSR count). The van der Waals surface area contributed by atoms with Crippen LogP contribution in [0.3, 0.4) is 0 Å². The molecule has 2 aromatic carbocycles. The number of hydrogen-bond acceptors (Lipinski definition) is 4. The average Bonchev–Trinajstić information content (AvgIpc) is 2.53. The Bertz CT molecular complexity index is 741. The third-order valence-corrected chi connectivity index (χ3v) is 3.31. The van der Waals surface area contributed by atoms with Crippen molar-refractivity contribution in [1.29, 1.82) is 0 Å². The smallest absolute Gasteiger partial charge is 0.270 e. The highest BCUT2D eigenvalue weighted by Gasteiger charge is 2.21. The minimum Gasteiger partial charge on any atom is -0.315 e. The summed E-state index contributed by atoms with van der Waals surface area (Å²) in [6.07, 6.45) is 0. The van der Waals surface area contributed by atoms with Gasteiger partial charge in [0.15, 0.2) is 5.78 Å². The number of ketones is 1. The maximum Gasteiger partial charge on any atom is 0.270 e. The van der Waals surface area contributed by atoms with Gasteiger partial charge in [-0.1, -0.05) is 30.3 Å². The molecule has 0 unspecified atom stereocenters. The van der Waals surface area contributed by atoms with Crippen molar-refractivity contribution in [3.05, 3.63) is 69.8 Å². The Hall–Kier alpha value is -3.02. The summed E-state index contributed by atoms with van der Waals surface area (Å²) in [5, 5.41) is 10.9. The van der Waals surface area contributed by atoms with Crippen LogP contribution >= 0.6 is 0 Å². The van der Waals surface area contributed by atoms with E-state index in [1.807, 2.05) is 0 Å². The highest BCUT2D eigenvalue weighted by Crippen LogP contribution is 2.27. The number of nitrogens with zero attached hydrogens (tertiary/aromatic N) is 2. The van der Waals surface area contributed by atoms with Crippen molar-refractivity contribution in [2.45, 2.75) is 6.92 Å². The normalized spacial score (nSPS) is 10.1. The molecule has 0 bridgehead atoms. The maximum absolute atomic E-state index is 12.6. The Labute approximate surface area is 127 Å². The molecule has 0 saturated heterocycles. The molecule has 0 aliphatic heterocycles. The molecule has 22 heavy (non-hydrogen) atoms. The minimum absolute atomic E-state index is 0.123. The van der Waals surface area contributed by atoms with Gasteiger partial charge >= 0.3 is 0 Å². The summed E-state index contributed by atoms with van der Waals surface area (Å²) in [7, 11) is 1.52. The fourth-order valence-electron chi connectivity index (χ4n) is 2.03. The third kappa shape index (κ3) is 3.01. The first-order valence-electron chi connectivity index (χ1n) is 6.54. The molecule has 0 aromatic heterocycles. The zero-order chi connectivity index (χ0) is 16.3. The average molecular weight is 298 g/mol. The van der Waals surface area contributed by atoms with Crippen LogP contribution in [0.25, 0.3) is 0 Å². The molecule has 0 radical (unpaired) electrons. The summed E-state index contributed by atoms with van der Waals surface area (Å²) in [5.41, 5.74) is 0.672. The van der Waals surface area contributed by atoms with Crippen LogP contribution < -0.4 is 4.90 Å². The number of hydrogen-bond donors (Lipinski definition) is 0. The van der Waals surface area contributed by atoms with Crippen molar-refractivity contribution in [2.24, 2.45) is 0 Å². The van der Waals surface area contributed by atoms with E-state index in [9.17, 15) is 19.7 Å². The second kappa shape index (κ2) is 6.17. The van der Waals surface area contributed by atoms with Gasteiger partial charge in [-0.25, -0.2) is 0 Å². The summed E-state index contributed by atoms with van der Waals surface area (Å²) >= 11 is 0. The van der Waals surface area contributed by atoms with Crippen LogP contribution in [0.1, 0.15) is 22.8 Å². The van der Waals surface area contributed by atoms with E-state index in [-0.39, 0.29) is 22.9 Å². The Kier molecular flexibility index (Phi) is 4.31. The van der Waals surface area contributed by atoms with Gasteiger partial charge in [0.1, 0.15) is 0 Å². The number of amides is 1.